The summed E-state index contributed by atoms with van der Waals surface area (Å²) in [5, 5.41) is 19.4. The van der Waals surface area contributed by atoms with Crippen molar-refractivity contribution in [1.82, 2.24) is 0 Å². The Bertz CT molecular complexity index is 430. The Morgan fingerprint density at radius 1 is 0.679 bits per heavy atom. The predicted octanol–water partition coefficient (Wildman–Crippen LogP) is 5.68. The van der Waals surface area contributed by atoms with Crippen molar-refractivity contribution < 1.29 is 19.8 Å². The van der Waals surface area contributed by atoms with Crippen LogP contribution in [0.1, 0.15) is 117 Å². The molecule has 0 aromatic rings. The van der Waals surface area contributed by atoms with Crippen LogP contribution in [0.25, 0.3) is 0 Å². The van der Waals surface area contributed by atoms with E-state index in [4.69, 9.17) is 0 Å². The maximum absolute atomic E-state index is 11.9. The molecule has 4 heteroatoms. The Labute approximate surface area is 172 Å². The van der Waals surface area contributed by atoms with Gasteiger partial charge >= 0.3 is 0 Å². The molecule has 0 heterocycles. The van der Waals surface area contributed by atoms with Crippen LogP contribution in [0.15, 0.2) is 12.2 Å². The Kier molecular flexibility index (Phi) is 17.4. The lowest BCUT2D eigenvalue weighted by Gasteiger charge is -2.15. The number of carbonyl (C=O) groups excluding carboxylic acids is 2. The van der Waals surface area contributed by atoms with Gasteiger partial charge in [-0.15, -0.1) is 0 Å². The van der Waals surface area contributed by atoms with Gasteiger partial charge in [-0.25, -0.2) is 0 Å². The zero-order valence-electron chi connectivity index (χ0n) is 18.4. The van der Waals surface area contributed by atoms with Gasteiger partial charge in [-0.3, -0.25) is 9.59 Å². The van der Waals surface area contributed by atoms with Gasteiger partial charge in [0.05, 0.1) is 0 Å². The molecule has 164 valence electrons. The topological polar surface area (TPSA) is 74.6 Å². The molecule has 28 heavy (non-hydrogen) atoms. The largest absolute Gasteiger partial charge is 0.382 e. The maximum atomic E-state index is 11.9. The first kappa shape index (κ1) is 27.0. The summed E-state index contributed by atoms with van der Waals surface area (Å²) in [7, 11) is 0. The van der Waals surface area contributed by atoms with Crippen LogP contribution in [0.4, 0.5) is 0 Å². The van der Waals surface area contributed by atoms with Crippen molar-refractivity contribution in [1.29, 1.82) is 0 Å². The van der Waals surface area contributed by atoms with E-state index in [2.05, 4.69) is 13.5 Å². The van der Waals surface area contributed by atoms with E-state index in [1.54, 1.807) is 0 Å². The van der Waals surface area contributed by atoms with E-state index < -0.39 is 23.8 Å². The monoisotopic (exact) mass is 396 g/mol. The summed E-state index contributed by atoms with van der Waals surface area (Å²) in [4.78, 5) is 23.4. The summed E-state index contributed by atoms with van der Waals surface area (Å²) >= 11 is 0. The number of Topliss-reactive ketones (excluding diaryl/α,β-unsaturated/α-hetero) is 2. The number of ketones is 2. The Morgan fingerprint density at radius 2 is 1.04 bits per heavy atom. The molecule has 0 amide bonds. The van der Waals surface area contributed by atoms with E-state index in [1.807, 2.05) is 0 Å². The average Bonchev–Trinajstić information content (AvgIpc) is 2.68. The smallest absolute Gasteiger partial charge is 0.189 e. The Balaban J connectivity index is 3.46. The molecule has 4 nitrogen and oxygen atoms in total. The number of hydrogen-bond acceptors (Lipinski definition) is 4. The standard InChI is InChI=1S/C24H44O4/c1-4-5-6-7-8-9-10-11-12-13-14-15-16-17-18-19-21(25)23(27)24(28)22(26)20(2)3/h23-24,27-28H,2,4-19H2,1,3H3. The number of hydrogen-bond donors (Lipinski definition) is 2. The van der Waals surface area contributed by atoms with Gasteiger partial charge in [0.2, 0.25) is 0 Å². The average molecular weight is 397 g/mol. The van der Waals surface area contributed by atoms with Crippen LogP contribution in [-0.4, -0.2) is 34.0 Å². The highest BCUT2D eigenvalue weighted by Gasteiger charge is 2.29. The summed E-state index contributed by atoms with van der Waals surface area (Å²) in [5.41, 5.74) is 0.145. The van der Waals surface area contributed by atoms with Crippen LogP contribution in [0.5, 0.6) is 0 Å². The summed E-state index contributed by atoms with van der Waals surface area (Å²) in [6.07, 6.45) is 15.7. The van der Waals surface area contributed by atoms with Crippen molar-refractivity contribution in [2.24, 2.45) is 0 Å². The predicted molar refractivity (Wildman–Crippen MR) is 116 cm³/mol. The molecule has 0 spiro atoms. The minimum atomic E-state index is -1.68. The molecule has 0 aliphatic rings. The molecular weight excluding hydrogens is 352 g/mol. The fourth-order valence-corrected chi connectivity index (χ4v) is 3.39. The Morgan fingerprint density at radius 3 is 1.39 bits per heavy atom. The van der Waals surface area contributed by atoms with Crippen LogP contribution in [0, 0.1) is 0 Å². The fourth-order valence-electron chi connectivity index (χ4n) is 3.39. The molecule has 0 aliphatic heterocycles. The van der Waals surface area contributed by atoms with Crippen LogP contribution in [-0.2, 0) is 9.59 Å². The highest BCUT2D eigenvalue weighted by Crippen LogP contribution is 2.14. The van der Waals surface area contributed by atoms with Crippen molar-refractivity contribution in [3.05, 3.63) is 12.2 Å². The zero-order valence-corrected chi connectivity index (χ0v) is 18.4. The summed E-state index contributed by atoms with van der Waals surface area (Å²) in [6.45, 7) is 7.14. The van der Waals surface area contributed by atoms with Gasteiger partial charge < -0.3 is 10.2 Å². The van der Waals surface area contributed by atoms with Crippen LogP contribution < -0.4 is 0 Å². The molecule has 2 N–H and O–H groups in total. The van der Waals surface area contributed by atoms with Gasteiger partial charge in [0.15, 0.2) is 11.6 Å². The minimum absolute atomic E-state index is 0.145. The van der Waals surface area contributed by atoms with E-state index in [0.717, 1.165) is 12.8 Å². The molecule has 0 aromatic heterocycles. The molecule has 0 rings (SSSR count). The second-order valence-corrected chi connectivity index (χ2v) is 8.20. The molecule has 0 fully saturated rings. The first-order valence-corrected chi connectivity index (χ1v) is 11.5. The molecule has 0 saturated carbocycles. The van der Waals surface area contributed by atoms with Crippen molar-refractivity contribution in [2.75, 3.05) is 0 Å². The fraction of sp³-hybridized carbons (Fsp3) is 0.833. The van der Waals surface area contributed by atoms with Gasteiger partial charge in [0, 0.05) is 6.42 Å². The second kappa shape index (κ2) is 18.1. The van der Waals surface area contributed by atoms with Gasteiger partial charge in [0.25, 0.3) is 0 Å². The quantitative estimate of drug-likeness (QED) is 0.205. The zero-order chi connectivity index (χ0) is 21.2. The van der Waals surface area contributed by atoms with Gasteiger partial charge in [-0.2, -0.15) is 0 Å². The summed E-state index contributed by atoms with van der Waals surface area (Å²) in [5.74, 6) is -1.13. The molecule has 2 unspecified atom stereocenters. The van der Waals surface area contributed by atoms with Crippen molar-refractivity contribution in [3.63, 3.8) is 0 Å². The van der Waals surface area contributed by atoms with Gasteiger partial charge in [-0.1, -0.05) is 103 Å². The first-order valence-electron chi connectivity index (χ1n) is 11.5. The van der Waals surface area contributed by atoms with E-state index in [-0.39, 0.29) is 12.0 Å². The molecule has 0 aliphatic carbocycles. The third kappa shape index (κ3) is 14.1. The third-order valence-electron chi connectivity index (χ3n) is 5.34. The second-order valence-electron chi connectivity index (χ2n) is 8.20. The van der Waals surface area contributed by atoms with Crippen molar-refractivity contribution >= 4 is 11.6 Å². The number of aliphatic hydroxyl groups excluding tert-OH is 2. The van der Waals surface area contributed by atoms with Crippen molar-refractivity contribution in [2.45, 2.75) is 129 Å². The van der Waals surface area contributed by atoms with E-state index in [0.29, 0.717) is 6.42 Å². The number of aliphatic hydroxyl groups is 2. The number of rotatable bonds is 20. The van der Waals surface area contributed by atoms with Crippen LogP contribution in [0.3, 0.4) is 0 Å². The lowest BCUT2D eigenvalue weighted by molar-refractivity contribution is -0.141. The van der Waals surface area contributed by atoms with Crippen molar-refractivity contribution in [3.8, 4) is 0 Å². The highest BCUT2D eigenvalue weighted by molar-refractivity contribution is 6.01. The lowest BCUT2D eigenvalue weighted by Crippen LogP contribution is -2.39. The van der Waals surface area contributed by atoms with E-state index >= 15 is 0 Å². The molecule has 0 aromatic carbocycles. The lowest BCUT2D eigenvalue weighted by atomic mass is 9.98. The maximum Gasteiger partial charge on any atom is 0.189 e. The molecule has 0 saturated heterocycles. The summed E-state index contributed by atoms with van der Waals surface area (Å²) < 4.78 is 0. The van der Waals surface area contributed by atoms with E-state index in [1.165, 1.54) is 84.0 Å². The van der Waals surface area contributed by atoms with Gasteiger partial charge in [0.1, 0.15) is 12.2 Å². The number of carbonyl (C=O) groups is 2. The Hall–Kier alpha value is -1.00. The first-order chi connectivity index (χ1) is 13.4. The SMILES string of the molecule is C=C(C)C(=O)C(O)C(O)C(=O)CCCCCCCCCCCCCCCCC. The van der Waals surface area contributed by atoms with E-state index in [9.17, 15) is 19.8 Å². The summed E-state index contributed by atoms with van der Waals surface area (Å²) in [6, 6.07) is 0. The van der Waals surface area contributed by atoms with Crippen LogP contribution in [0.2, 0.25) is 0 Å². The third-order valence-corrected chi connectivity index (χ3v) is 5.34. The molecular formula is C24H44O4. The molecule has 0 radical (unpaired) electrons. The number of unbranched alkanes of at least 4 members (excludes halogenated alkanes) is 14. The molecule has 0 bridgehead atoms. The minimum Gasteiger partial charge on any atom is -0.382 e. The van der Waals surface area contributed by atoms with Crippen LogP contribution >= 0.6 is 0 Å². The van der Waals surface area contributed by atoms with Gasteiger partial charge in [-0.05, 0) is 18.9 Å². The highest BCUT2D eigenvalue weighted by atomic mass is 16.3. The normalized spacial score (nSPS) is 13.3. The molecule has 2 atom stereocenters.